The van der Waals surface area contributed by atoms with Gasteiger partial charge >= 0.3 is 0 Å². The lowest BCUT2D eigenvalue weighted by molar-refractivity contribution is 0.300. The molecule has 0 radical (unpaired) electrons. The van der Waals surface area contributed by atoms with Gasteiger partial charge in [-0.1, -0.05) is 31.9 Å². The molecule has 5 heteroatoms. The summed E-state index contributed by atoms with van der Waals surface area (Å²) in [5.41, 5.74) is 7.60. The summed E-state index contributed by atoms with van der Waals surface area (Å²) < 4.78 is 20.7. The molecular weight excluding hydrogens is 389 g/mol. The average molecular weight is 403 g/mol. The number of rotatable bonds is 4. The summed E-state index contributed by atoms with van der Waals surface area (Å²) in [6, 6.07) is 10.2. The van der Waals surface area contributed by atoms with Gasteiger partial charge in [0.15, 0.2) is 0 Å². The molecule has 2 N–H and O–H groups in total. The Morgan fingerprint density at radius 3 is 2.55 bits per heavy atom. The highest BCUT2D eigenvalue weighted by atomic mass is 79.9. The largest absolute Gasteiger partial charge is 0.489 e. The Bertz CT molecular complexity index is 597. The van der Waals surface area contributed by atoms with E-state index in [1.165, 1.54) is 12.1 Å². The van der Waals surface area contributed by atoms with Crippen molar-refractivity contribution in [1.29, 1.82) is 0 Å². The van der Waals surface area contributed by atoms with Gasteiger partial charge in [-0.2, -0.15) is 0 Å². The Hall–Kier alpha value is -0.910. The highest BCUT2D eigenvalue weighted by molar-refractivity contribution is 9.10. The van der Waals surface area contributed by atoms with Gasteiger partial charge < -0.3 is 10.5 Å². The molecule has 0 spiro atoms. The molecular formula is C15H14Br2FNO. The highest BCUT2D eigenvalue weighted by Crippen LogP contribution is 2.28. The van der Waals surface area contributed by atoms with Crippen LogP contribution in [0.25, 0.3) is 0 Å². The molecule has 2 nitrogen and oxygen atoms in total. The normalized spacial score (nSPS) is 12.2. The van der Waals surface area contributed by atoms with Crippen molar-refractivity contribution in [3.8, 4) is 5.75 Å². The Morgan fingerprint density at radius 1 is 1.15 bits per heavy atom. The monoisotopic (exact) mass is 401 g/mol. The minimum atomic E-state index is -0.291. The minimum absolute atomic E-state index is 0.137. The molecule has 0 fully saturated rings. The topological polar surface area (TPSA) is 35.2 Å². The van der Waals surface area contributed by atoms with Crippen molar-refractivity contribution >= 4 is 31.9 Å². The van der Waals surface area contributed by atoms with Crippen LogP contribution in [0, 0.1) is 5.82 Å². The Labute approximate surface area is 134 Å². The molecule has 20 heavy (non-hydrogen) atoms. The Balaban J connectivity index is 2.18. The van der Waals surface area contributed by atoms with Crippen molar-refractivity contribution in [2.24, 2.45) is 5.73 Å². The first-order valence-electron chi connectivity index (χ1n) is 6.08. The summed E-state index contributed by atoms with van der Waals surface area (Å²) in [4.78, 5) is 0. The van der Waals surface area contributed by atoms with E-state index >= 15 is 0 Å². The van der Waals surface area contributed by atoms with Gasteiger partial charge in [-0.3, -0.25) is 0 Å². The van der Waals surface area contributed by atoms with Gasteiger partial charge in [0.25, 0.3) is 0 Å². The van der Waals surface area contributed by atoms with E-state index in [4.69, 9.17) is 10.5 Å². The van der Waals surface area contributed by atoms with E-state index in [1.54, 1.807) is 0 Å². The third kappa shape index (κ3) is 4.04. The fourth-order valence-electron chi connectivity index (χ4n) is 1.86. The second kappa shape index (κ2) is 6.70. The molecule has 2 aromatic carbocycles. The maximum Gasteiger partial charge on any atom is 0.124 e. The predicted molar refractivity (Wildman–Crippen MR) is 85.2 cm³/mol. The lowest BCUT2D eigenvalue weighted by Crippen LogP contribution is -2.08. The van der Waals surface area contributed by atoms with E-state index in [0.29, 0.717) is 10.2 Å². The third-order valence-electron chi connectivity index (χ3n) is 2.78. The lowest BCUT2D eigenvalue weighted by atomic mass is 10.1. The van der Waals surface area contributed by atoms with Gasteiger partial charge in [-0.25, -0.2) is 4.39 Å². The zero-order chi connectivity index (χ0) is 14.7. The van der Waals surface area contributed by atoms with Crippen molar-refractivity contribution in [3.05, 3.63) is 62.3 Å². The molecule has 2 rings (SSSR count). The maximum atomic E-state index is 13.3. The van der Waals surface area contributed by atoms with Gasteiger partial charge in [0.1, 0.15) is 18.2 Å². The fourth-order valence-corrected chi connectivity index (χ4v) is 2.75. The molecule has 0 unspecified atom stereocenters. The van der Waals surface area contributed by atoms with Crippen LogP contribution in [0.15, 0.2) is 45.3 Å². The van der Waals surface area contributed by atoms with Crippen LogP contribution in [0.2, 0.25) is 0 Å². The third-order valence-corrected chi connectivity index (χ3v) is 3.73. The first kappa shape index (κ1) is 15.5. The van der Waals surface area contributed by atoms with Crippen molar-refractivity contribution in [3.63, 3.8) is 0 Å². The van der Waals surface area contributed by atoms with Gasteiger partial charge in [0, 0.05) is 20.6 Å². The van der Waals surface area contributed by atoms with Crippen LogP contribution in [0.1, 0.15) is 24.1 Å². The first-order chi connectivity index (χ1) is 9.45. The molecule has 0 amide bonds. The van der Waals surface area contributed by atoms with Crippen LogP contribution in [0.5, 0.6) is 5.75 Å². The fraction of sp³-hybridized carbons (Fsp3) is 0.200. The van der Waals surface area contributed by atoms with E-state index in [0.717, 1.165) is 15.6 Å². The Morgan fingerprint density at radius 2 is 1.90 bits per heavy atom. The number of hydrogen-bond donors (Lipinski definition) is 1. The van der Waals surface area contributed by atoms with E-state index in [9.17, 15) is 4.39 Å². The smallest absolute Gasteiger partial charge is 0.124 e. The van der Waals surface area contributed by atoms with E-state index < -0.39 is 0 Å². The first-order valence-corrected chi connectivity index (χ1v) is 7.67. The Kier molecular flexibility index (Phi) is 5.18. The molecule has 0 aliphatic heterocycles. The minimum Gasteiger partial charge on any atom is -0.489 e. The van der Waals surface area contributed by atoms with Crippen molar-refractivity contribution in [2.45, 2.75) is 19.6 Å². The van der Waals surface area contributed by atoms with Crippen LogP contribution >= 0.6 is 31.9 Å². The molecule has 0 aliphatic rings. The second-order valence-corrected chi connectivity index (χ2v) is 6.37. The van der Waals surface area contributed by atoms with Gasteiger partial charge in [0.2, 0.25) is 0 Å². The molecule has 0 saturated heterocycles. The van der Waals surface area contributed by atoms with E-state index in [1.807, 2.05) is 31.2 Å². The molecule has 0 bridgehead atoms. The molecule has 1 atom stereocenters. The molecule has 106 valence electrons. The summed E-state index contributed by atoms with van der Waals surface area (Å²) in [7, 11) is 0. The van der Waals surface area contributed by atoms with Crippen LogP contribution in [-0.2, 0) is 6.61 Å². The second-order valence-electron chi connectivity index (χ2n) is 4.54. The summed E-state index contributed by atoms with van der Waals surface area (Å²) in [5, 5.41) is 0. The van der Waals surface area contributed by atoms with E-state index in [2.05, 4.69) is 31.9 Å². The summed E-state index contributed by atoms with van der Waals surface area (Å²) in [5.74, 6) is 0.421. The van der Waals surface area contributed by atoms with Crippen LogP contribution in [0.4, 0.5) is 4.39 Å². The highest BCUT2D eigenvalue weighted by Gasteiger charge is 2.09. The summed E-state index contributed by atoms with van der Waals surface area (Å²) >= 11 is 6.68. The average Bonchev–Trinajstić information content (AvgIpc) is 2.36. The van der Waals surface area contributed by atoms with E-state index in [-0.39, 0.29) is 18.5 Å². The number of hydrogen-bond acceptors (Lipinski definition) is 2. The zero-order valence-electron chi connectivity index (χ0n) is 10.9. The number of halogens is 3. The van der Waals surface area contributed by atoms with Gasteiger partial charge in [-0.15, -0.1) is 0 Å². The predicted octanol–water partition coefficient (Wildman–Crippen LogP) is 4.95. The van der Waals surface area contributed by atoms with Crippen molar-refractivity contribution < 1.29 is 9.13 Å². The summed E-state index contributed by atoms with van der Waals surface area (Å²) in [6.45, 7) is 2.19. The molecule has 0 heterocycles. The molecule has 0 saturated carbocycles. The quantitative estimate of drug-likeness (QED) is 0.785. The van der Waals surface area contributed by atoms with Gasteiger partial charge in [0.05, 0.1) is 0 Å². The van der Waals surface area contributed by atoms with Crippen molar-refractivity contribution in [1.82, 2.24) is 0 Å². The SMILES string of the molecule is C[C@H](N)c1cc(Br)ccc1OCc1cc(F)cc(Br)c1. The maximum absolute atomic E-state index is 13.3. The number of ether oxygens (including phenoxy) is 1. The lowest BCUT2D eigenvalue weighted by Gasteiger charge is -2.14. The van der Waals surface area contributed by atoms with Crippen LogP contribution in [-0.4, -0.2) is 0 Å². The standard InChI is InChI=1S/C15H14Br2FNO/c1-9(19)14-7-11(16)2-3-15(14)20-8-10-4-12(17)6-13(18)5-10/h2-7,9H,8,19H2,1H3/t9-/m0/s1. The molecule has 0 aliphatic carbocycles. The van der Waals surface area contributed by atoms with Crippen molar-refractivity contribution in [2.75, 3.05) is 0 Å². The van der Waals surface area contributed by atoms with Gasteiger partial charge in [-0.05, 0) is 48.9 Å². The number of benzene rings is 2. The van der Waals surface area contributed by atoms with Crippen LogP contribution < -0.4 is 10.5 Å². The zero-order valence-corrected chi connectivity index (χ0v) is 14.0. The number of nitrogens with two attached hydrogens (primary N) is 1. The summed E-state index contributed by atoms with van der Waals surface area (Å²) in [6.07, 6.45) is 0. The molecule has 2 aromatic rings. The van der Waals surface area contributed by atoms with Crippen LogP contribution in [0.3, 0.4) is 0 Å². The molecule has 0 aromatic heterocycles.